The lowest BCUT2D eigenvalue weighted by Gasteiger charge is -2.15. The molecule has 1 N–H and O–H groups in total. The number of carbonyl (C=O) groups is 3. The molecule has 0 aromatic heterocycles. The summed E-state index contributed by atoms with van der Waals surface area (Å²) in [7, 11) is 2.35. The van der Waals surface area contributed by atoms with Crippen LogP contribution in [0.15, 0.2) is 24.3 Å². The Hall–Kier alpha value is -2.08. The lowest BCUT2D eigenvalue weighted by Crippen LogP contribution is -2.43. The van der Waals surface area contributed by atoms with Gasteiger partial charge in [0.2, 0.25) is 0 Å². The van der Waals surface area contributed by atoms with Gasteiger partial charge in [0, 0.05) is 0 Å². The van der Waals surface area contributed by atoms with E-state index in [9.17, 15) is 14.4 Å². The molecule has 0 saturated carbocycles. The highest BCUT2D eigenvalue weighted by Gasteiger charge is 2.26. The lowest BCUT2D eigenvalue weighted by molar-refractivity contribution is -0.149. The molecule has 1 amide bonds. The second-order valence-corrected chi connectivity index (χ2v) is 4.22. The van der Waals surface area contributed by atoms with Gasteiger partial charge in [-0.05, 0) is 12.1 Å². The van der Waals surface area contributed by atoms with Crippen molar-refractivity contribution in [2.45, 2.75) is 12.5 Å². The minimum Gasteiger partial charge on any atom is -0.469 e. The number of esters is 2. The number of ether oxygens (including phenoxy) is 2. The van der Waals surface area contributed by atoms with Crippen molar-refractivity contribution < 1.29 is 23.9 Å². The Kier molecular flexibility index (Phi) is 5.99. The van der Waals surface area contributed by atoms with E-state index in [4.69, 9.17) is 11.6 Å². The van der Waals surface area contributed by atoms with Gasteiger partial charge in [0.1, 0.15) is 6.04 Å². The smallest absolute Gasteiger partial charge is 0.328 e. The van der Waals surface area contributed by atoms with E-state index in [0.29, 0.717) is 0 Å². The number of benzene rings is 1. The van der Waals surface area contributed by atoms with Crippen LogP contribution in [0.25, 0.3) is 0 Å². The third-order valence-corrected chi connectivity index (χ3v) is 2.84. The van der Waals surface area contributed by atoms with Crippen molar-refractivity contribution in [1.29, 1.82) is 0 Å². The molecule has 0 bridgehead atoms. The van der Waals surface area contributed by atoms with Gasteiger partial charge in [-0.1, -0.05) is 23.7 Å². The van der Waals surface area contributed by atoms with Gasteiger partial charge in [-0.2, -0.15) is 0 Å². The van der Waals surface area contributed by atoms with Crippen molar-refractivity contribution in [3.63, 3.8) is 0 Å². The zero-order valence-electron chi connectivity index (χ0n) is 11.0. The molecule has 0 unspecified atom stereocenters. The topological polar surface area (TPSA) is 81.7 Å². The van der Waals surface area contributed by atoms with Crippen molar-refractivity contribution in [2.24, 2.45) is 0 Å². The molecule has 0 aliphatic carbocycles. The predicted molar refractivity (Wildman–Crippen MR) is 71.4 cm³/mol. The Morgan fingerprint density at radius 1 is 1.20 bits per heavy atom. The summed E-state index contributed by atoms with van der Waals surface area (Å²) in [6, 6.07) is 5.23. The number of nitrogens with one attached hydrogen (secondary N) is 1. The molecule has 0 heterocycles. The Balaban J connectivity index is 2.84. The maximum absolute atomic E-state index is 12.0. The molecule has 6 nitrogen and oxygen atoms in total. The molecule has 0 spiro atoms. The summed E-state index contributed by atoms with van der Waals surface area (Å²) < 4.78 is 8.99. The van der Waals surface area contributed by atoms with Crippen molar-refractivity contribution in [1.82, 2.24) is 5.32 Å². The van der Waals surface area contributed by atoms with Crippen LogP contribution in [0.5, 0.6) is 0 Å². The van der Waals surface area contributed by atoms with Crippen LogP contribution in [-0.4, -0.2) is 38.1 Å². The molecule has 20 heavy (non-hydrogen) atoms. The summed E-state index contributed by atoms with van der Waals surface area (Å²) in [5.74, 6) is -1.95. The van der Waals surface area contributed by atoms with Gasteiger partial charge < -0.3 is 14.8 Å². The van der Waals surface area contributed by atoms with E-state index in [2.05, 4.69) is 14.8 Å². The standard InChI is InChI=1S/C13H14ClNO5/c1-19-11(16)7-10(13(18)20-2)15-12(17)8-5-3-4-6-9(8)14/h3-6,10H,7H2,1-2H3,(H,15,17)/t10-/m1/s1. The minimum atomic E-state index is -1.13. The van der Waals surface area contributed by atoms with Gasteiger partial charge >= 0.3 is 11.9 Å². The summed E-state index contributed by atoms with van der Waals surface area (Å²) in [6.45, 7) is 0. The summed E-state index contributed by atoms with van der Waals surface area (Å²) in [5.41, 5.74) is 0.202. The van der Waals surface area contributed by atoms with E-state index in [1.165, 1.54) is 13.2 Å². The SMILES string of the molecule is COC(=O)C[C@@H](NC(=O)c1ccccc1Cl)C(=O)OC. The molecule has 1 atom stereocenters. The van der Waals surface area contributed by atoms with Crippen LogP contribution >= 0.6 is 11.6 Å². The third kappa shape index (κ3) is 4.24. The maximum Gasteiger partial charge on any atom is 0.328 e. The molecule has 0 aliphatic rings. The lowest BCUT2D eigenvalue weighted by atomic mass is 10.1. The van der Waals surface area contributed by atoms with Crippen LogP contribution in [0.1, 0.15) is 16.8 Å². The second-order valence-electron chi connectivity index (χ2n) is 3.81. The fraction of sp³-hybridized carbons (Fsp3) is 0.308. The first-order chi connectivity index (χ1) is 9.49. The van der Waals surface area contributed by atoms with Crippen LogP contribution in [0, 0.1) is 0 Å². The normalized spacial score (nSPS) is 11.3. The van der Waals surface area contributed by atoms with Crippen LogP contribution in [0.3, 0.4) is 0 Å². The number of carbonyl (C=O) groups excluding carboxylic acids is 3. The minimum absolute atomic E-state index is 0.202. The van der Waals surface area contributed by atoms with Crippen LogP contribution in [0.4, 0.5) is 0 Å². The molecular weight excluding hydrogens is 286 g/mol. The Bertz CT molecular complexity index is 517. The van der Waals surface area contributed by atoms with E-state index >= 15 is 0 Å². The first-order valence-corrected chi connectivity index (χ1v) is 6.07. The molecule has 1 aromatic rings. The first kappa shape index (κ1) is 16.0. The summed E-state index contributed by atoms with van der Waals surface area (Å²) in [5, 5.41) is 2.63. The number of hydrogen-bond donors (Lipinski definition) is 1. The third-order valence-electron chi connectivity index (χ3n) is 2.51. The van der Waals surface area contributed by atoms with Crippen molar-refractivity contribution in [2.75, 3.05) is 14.2 Å². The van der Waals surface area contributed by atoms with E-state index in [-0.39, 0.29) is 17.0 Å². The summed E-state index contributed by atoms with van der Waals surface area (Å²) >= 11 is 5.88. The Labute approximate surface area is 121 Å². The van der Waals surface area contributed by atoms with E-state index in [1.807, 2.05) is 0 Å². The van der Waals surface area contributed by atoms with E-state index < -0.39 is 23.9 Å². The predicted octanol–water partition coefficient (Wildman–Crippen LogP) is 1.17. The fourth-order valence-electron chi connectivity index (χ4n) is 1.47. The molecule has 1 aromatic carbocycles. The fourth-order valence-corrected chi connectivity index (χ4v) is 1.69. The maximum atomic E-state index is 12.0. The molecule has 108 valence electrons. The van der Waals surface area contributed by atoms with Gasteiger partial charge in [0.15, 0.2) is 0 Å². The highest BCUT2D eigenvalue weighted by molar-refractivity contribution is 6.33. The molecule has 0 aliphatic heterocycles. The highest BCUT2D eigenvalue weighted by atomic mass is 35.5. The number of hydrogen-bond acceptors (Lipinski definition) is 5. The van der Waals surface area contributed by atoms with E-state index in [0.717, 1.165) is 7.11 Å². The average Bonchev–Trinajstić information content (AvgIpc) is 2.45. The van der Waals surface area contributed by atoms with Gasteiger partial charge in [0.05, 0.1) is 31.2 Å². The van der Waals surface area contributed by atoms with Crippen molar-refractivity contribution in [3.8, 4) is 0 Å². The Morgan fingerprint density at radius 3 is 2.40 bits per heavy atom. The van der Waals surface area contributed by atoms with Gasteiger partial charge in [0.25, 0.3) is 5.91 Å². The molecule has 0 radical (unpaired) electrons. The highest BCUT2D eigenvalue weighted by Crippen LogP contribution is 2.15. The van der Waals surface area contributed by atoms with Gasteiger partial charge in [-0.25, -0.2) is 4.79 Å². The number of methoxy groups -OCH3 is 2. The molecular formula is C13H14ClNO5. The van der Waals surface area contributed by atoms with Crippen LogP contribution in [-0.2, 0) is 19.1 Å². The van der Waals surface area contributed by atoms with E-state index in [1.54, 1.807) is 18.2 Å². The van der Waals surface area contributed by atoms with Crippen molar-refractivity contribution in [3.05, 3.63) is 34.9 Å². The second kappa shape index (κ2) is 7.49. The first-order valence-electron chi connectivity index (χ1n) is 5.69. The number of rotatable bonds is 5. The molecule has 1 rings (SSSR count). The quantitative estimate of drug-likeness (QED) is 0.826. The zero-order valence-corrected chi connectivity index (χ0v) is 11.8. The van der Waals surface area contributed by atoms with Crippen molar-refractivity contribution >= 4 is 29.4 Å². The van der Waals surface area contributed by atoms with Gasteiger partial charge in [-0.15, -0.1) is 0 Å². The van der Waals surface area contributed by atoms with Crippen LogP contribution in [0.2, 0.25) is 5.02 Å². The molecule has 7 heteroatoms. The van der Waals surface area contributed by atoms with Crippen LogP contribution < -0.4 is 5.32 Å². The monoisotopic (exact) mass is 299 g/mol. The number of amides is 1. The average molecular weight is 300 g/mol. The Morgan fingerprint density at radius 2 is 1.85 bits per heavy atom. The van der Waals surface area contributed by atoms with Gasteiger partial charge in [-0.3, -0.25) is 9.59 Å². The summed E-state index contributed by atoms with van der Waals surface area (Å²) in [6.07, 6.45) is -0.320. The molecule has 0 fully saturated rings. The number of halogens is 1. The summed E-state index contributed by atoms with van der Waals surface area (Å²) in [4.78, 5) is 34.8. The largest absolute Gasteiger partial charge is 0.469 e. The zero-order chi connectivity index (χ0) is 15.1. The molecule has 0 saturated heterocycles.